The van der Waals surface area contributed by atoms with Gasteiger partial charge in [0.2, 0.25) is 0 Å². The van der Waals surface area contributed by atoms with Crippen LogP contribution >= 0.6 is 11.3 Å². The van der Waals surface area contributed by atoms with Gasteiger partial charge in [-0.1, -0.05) is 6.07 Å². The minimum atomic E-state index is -1.03. The van der Waals surface area contributed by atoms with Gasteiger partial charge in [0.25, 0.3) is 5.91 Å². The number of benzene rings is 1. The largest absolute Gasteiger partial charge is 0.482 e. The molecule has 0 saturated heterocycles. The zero-order valence-electron chi connectivity index (χ0n) is 11.8. The van der Waals surface area contributed by atoms with Crippen LogP contribution in [0, 0.1) is 0 Å². The molecule has 0 atom stereocenters. The number of nitrogens with one attached hydrogen (secondary N) is 1. The van der Waals surface area contributed by atoms with Crippen LogP contribution in [0.2, 0.25) is 0 Å². The van der Waals surface area contributed by atoms with Crippen LogP contribution in [0.4, 0.5) is 0 Å². The number of nitrogens with zero attached hydrogens (tertiary/aromatic N) is 1. The quantitative estimate of drug-likeness (QED) is 0.632. The van der Waals surface area contributed by atoms with Gasteiger partial charge < -0.3 is 9.84 Å². The lowest BCUT2D eigenvalue weighted by molar-refractivity contribution is -0.139. The van der Waals surface area contributed by atoms with Crippen LogP contribution in [0.3, 0.4) is 0 Å². The van der Waals surface area contributed by atoms with E-state index >= 15 is 0 Å². The first-order chi connectivity index (χ1) is 10.6. The van der Waals surface area contributed by atoms with Gasteiger partial charge in [-0.25, -0.2) is 10.2 Å². The first-order valence-electron chi connectivity index (χ1n) is 6.39. The molecule has 0 spiro atoms. The van der Waals surface area contributed by atoms with Gasteiger partial charge >= 0.3 is 5.97 Å². The number of carbonyl (C=O) groups excluding carboxylic acids is 1. The molecule has 1 amide bonds. The van der Waals surface area contributed by atoms with Crippen molar-refractivity contribution in [2.24, 2.45) is 5.10 Å². The lowest BCUT2D eigenvalue weighted by atomic mass is 10.1. The molecular weight excluding hydrogens is 304 g/mol. The Balaban J connectivity index is 1.96. The van der Waals surface area contributed by atoms with E-state index in [1.807, 2.05) is 5.38 Å². The van der Waals surface area contributed by atoms with Crippen molar-refractivity contribution in [2.45, 2.75) is 6.92 Å². The van der Waals surface area contributed by atoms with E-state index in [0.717, 1.165) is 5.56 Å². The van der Waals surface area contributed by atoms with Crippen LogP contribution < -0.4 is 10.2 Å². The highest BCUT2D eigenvalue weighted by molar-refractivity contribution is 7.12. The molecule has 0 unspecified atom stereocenters. The van der Waals surface area contributed by atoms with Crippen molar-refractivity contribution in [3.05, 3.63) is 52.2 Å². The second kappa shape index (κ2) is 7.37. The monoisotopic (exact) mass is 318 g/mol. The van der Waals surface area contributed by atoms with Crippen LogP contribution in [0.25, 0.3) is 0 Å². The molecule has 22 heavy (non-hydrogen) atoms. The molecular formula is C15H14N2O4S. The predicted molar refractivity (Wildman–Crippen MR) is 83.6 cm³/mol. The van der Waals surface area contributed by atoms with Gasteiger partial charge in [0.15, 0.2) is 6.61 Å². The average Bonchev–Trinajstić information content (AvgIpc) is 3.05. The van der Waals surface area contributed by atoms with E-state index < -0.39 is 5.97 Å². The number of carboxylic acids is 1. The molecule has 0 aliphatic carbocycles. The summed E-state index contributed by atoms with van der Waals surface area (Å²) in [6.45, 7) is 1.38. The van der Waals surface area contributed by atoms with Gasteiger partial charge in [0.1, 0.15) is 5.75 Å². The van der Waals surface area contributed by atoms with Crippen LogP contribution in [0.1, 0.15) is 22.2 Å². The Morgan fingerprint density at radius 3 is 2.59 bits per heavy atom. The maximum absolute atomic E-state index is 11.8. The van der Waals surface area contributed by atoms with E-state index in [-0.39, 0.29) is 12.5 Å². The molecule has 0 fully saturated rings. The van der Waals surface area contributed by atoms with E-state index in [1.165, 1.54) is 11.3 Å². The van der Waals surface area contributed by atoms with Crippen molar-refractivity contribution < 1.29 is 19.4 Å². The minimum Gasteiger partial charge on any atom is -0.482 e. The number of amides is 1. The summed E-state index contributed by atoms with van der Waals surface area (Å²) in [6.07, 6.45) is 0. The number of thiophene rings is 1. The summed E-state index contributed by atoms with van der Waals surface area (Å²) in [5, 5.41) is 14.4. The predicted octanol–water partition coefficient (Wildman–Crippen LogP) is 2.37. The number of carboxylic acid groups (broad SMARTS) is 1. The van der Waals surface area contributed by atoms with Crippen molar-refractivity contribution in [1.29, 1.82) is 0 Å². The summed E-state index contributed by atoms with van der Waals surface area (Å²) in [5.74, 6) is -0.824. The van der Waals surface area contributed by atoms with Crippen LogP contribution in [-0.4, -0.2) is 29.3 Å². The normalized spacial score (nSPS) is 11.0. The highest BCUT2D eigenvalue weighted by Crippen LogP contribution is 2.13. The number of hydrogen-bond donors (Lipinski definition) is 2. The van der Waals surface area contributed by atoms with E-state index in [0.29, 0.717) is 16.3 Å². The SMILES string of the molecule is C/C(=N/NC(=O)c1cccs1)c1ccc(OCC(=O)O)cc1. The van der Waals surface area contributed by atoms with Gasteiger partial charge in [-0.05, 0) is 48.2 Å². The van der Waals surface area contributed by atoms with E-state index in [4.69, 9.17) is 9.84 Å². The second-order valence-electron chi connectivity index (χ2n) is 4.32. The zero-order valence-corrected chi connectivity index (χ0v) is 12.6. The smallest absolute Gasteiger partial charge is 0.341 e. The number of carbonyl (C=O) groups is 2. The van der Waals surface area contributed by atoms with Crippen molar-refractivity contribution in [2.75, 3.05) is 6.61 Å². The molecule has 2 N–H and O–H groups in total. The number of ether oxygens (including phenoxy) is 1. The molecule has 1 aromatic heterocycles. The maximum atomic E-state index is 11.8. The fraction of sp³-hybridized carbons (Fsp3) is 0.133. The Morgan fingerprint density at radius 1 is 1.27 bits per heavy atom. The molecule has 0 aliphatic heterocycles. The van der Waals surface area contributed by atoms with Gasteiger partial charge in [0.05, 0.1) is 10.6 Å². The third-order valence-corrected chi connectivity index (χ3v) is 3.57. The standard InChI is InChI=1S/C15H14N2O4S/c1-10(16-17-15(20)13-3-2-8-22-13)11-4-6-12(7-5-11)21-9-14(18)19/h2-8H,9H2,1H3,(H,17,20)(H,18,19)/b16-10-. The molecule has 0 bridgehead atoms. The summed E-state index contributed by atoms with van der Waals surface area (Å²) >= 11 is 1.34. The van der Waals surface area contributed by atoms with Gasteiger partial charge in [-0.2, -0.15) is 5.10 Å². The number of aliphatic carboxylic acids is 1. The average molecular weight is 318 g/mol. The van der Waals surface area contributed by atoms with E-state index in [1.54, 1.807) is 43.3 Å². The molecule has 7 heteroatoms. The van der Waals surface area contributed by atoms with Crippen molar-refractivity contribution in [3.63, 3.8) is 0 Å². The van der Waals surface area contributed by atoms with E-state index in [9.17, 15) is 9.59 Å². The molecule has 0 radical (unpaired) electrons. The number of rotatable bonds is 6. The Morgan fingerprint density at radius 2 is 2.00 bits per heavy atom. The second-order valence-corrected chi connectivity index (χ2v) is 5.27. The van der Waals surface area contributed by atoms with Crippen molar-refractivity contribution >= 4 is 28.9 Å². The third kappa shape index (κ3) is 4.42. The van der Waals surface area contributed by atoms with Gasteiger partial charge in [-0.15, -0.1) is 11.3 Å². The highest BCUT2D eigenvalue weighted by Gasteiger charge is 2.06. The molecule has 114 valence electrons. The highest BCUT2D eigenvalue weighted by atomic mass is 32.1. The maximum Gasteiger partial charge on any atom is 0.341 e. The molecule has 0 saturated carbocycles. The molecule has 2 rings (SSSR count). The molecule has 1 aromatic carbocycles. The Bertz CT molecular complexity index is 678. The summed E-state index contributed by atoms with van der Waals surface area (Å²) in [6, 6.07) is 10.3. The Hall–Kier alpha value is -2.67. The first-order valence-corrected chi connectivity index (χ1v) is 7.27. The summed E-state index contributed by atoms with van der Waals surface area (Å²) in [4.78, 5) is 22.8. The summed E-state index contributed by atoms with van der Waals surface area (Å²) < 4.78 is 5.04. The molecule has 0 aliphatic rings. The van der Waals surface area contributed by atoms with Crippen LogP contribution in [0.15, 0.2) is 46.9 Å². The summed E-state index contributed by atoms with van der Waals surface area (Å²) in [5.41, 5.74) is 3.92. The molecule has 1 heterocycles. The molecule has 6 nitrogen and oxygen atoms in total. The lowest BCUT2D eigenvalue weighted by Gasteiger charge is -2.05. The van der Waals surface area contributed by atoms with Gasteiger partial charge in [0, 0.05) is 0 Å². The van der Waals surface area contributed by atoms with E-state index in [2.05, 4.69) is 10.5 Å². The van der Waals surface area contributed by atoms with Crippen molar-refractivity contribution in [3.8, 4) is 5.75 Å². The summed E-state index contributed by atoms with van der Waals surface area (Å²) in [7, 11) is 0. The Kier molecular flexibility index (Phi) is 5.26. The number of hydrazone groups is 1. The zero-order chi connectivity index (χ0) is 15.9. The Labute approximate surface area is 131 Å². The lowest BCUT2D eigenvalue weighted by Crippen LogP contribution is -2.18. The third-order valence-electron chi connectivity index (χ3n) is 2.70. The van der Waals surface area contributed by atoms with Gasteiger partial charge in [-0.3, -0.25) is 4.79 Å². The fourth-order valence-corrected chi connectivity index (χ4v) is 2.21. The minimum absolute atomic E-state index is 0.254. The molecule has 2 aromatic rings. The number of hydrogen-bond acceptors (Lipinski definition) is 5. The van der Waals surface area contributed by atoms with Crippen molar-refractivity contribution in [1.82, 2.24) is 5.43 Å². The fourth-order valence-electron chi connectivity index (χ4n) is 1.60. The van der Waals surface area contributed by atoms with Crippen LogP contribution in [0.5, 0.6) is 5.75 Å². The first kappa shape index (κ1) is 15.7. The van der Waals surface area contributed by atoms with Crippen LogP contribution in [-0.2, 0) is 4.79 Å². The topological polar surface area (TPSA) is 88.0 Å².